The standard InChI is InChI=1S/C16H11F4NO2/c1-23-14(22)8-6-10-5-7-13(16(18,19)20)21-15(10)11-3-2-4-12(17)9-11/h2-9H,1H3. The van der Waals surface area contributed by atoms with Gasteiger partial charge >= 0.3 is 12.1 Å². The van der Waals surface area contributed by atoms with Crippen LogP contribution in [0, 0.1) is 5.82 Å². The molecule has 2 rings (SSSR count). The van der Waals surface area contributed by atoms with Crippen molar-refractivity contribution in [1.82, 2.24) is 4.98 Å². The summed E-state index contributed by atoms with van der Waals surface area (Å²) in [6.45, 7) is 0. The number of rotatable bonds is 3. The zero-order valence-electron chi connectivity index (χ0n) is 11.9. The number of halogens is 4. The summed E-state index contributed by atoms with van der Waals surface area (Å²) in [6.07, 6.45) is -2.32. The third-order valence-electron chi connectivity index (χ3n) is 2.92. The fraction of sp³-hybridized carbons (Fsp3) is 0.125. The summed E-state index contributed by atoms with van der Waals surface area (Å²) in [7, 11) is 1.17. The van der Waals surface area contributed by atoms with Crippen LogP contribution in [0.1, 0.15) is 11.3 Å². The van der Waals surface area contributed by atoms with Crippen molar-refractivity contribution in [2.75, 3.05) is 7.11 Å². The second-order valence-corrected chi connectivity index (χ2v) is 4.50. The van der Waals surface area contributed by atoms with E-state index < -0.39 is 23.7 Å². The van der Waals surface area contributed by atoms with E-state index in [1.165, 1.54) is 31.4 Å². The van der Waals surface area contributed by atoms with Crippen LogP contribution in [0.3, 0.4) is 0 Å². The lowest BCUT2D eigenvalue weighted by molar-refractivity contribution is -0.141. The topological polar surface area (TPSA) is 39.2 Å². The molecule has 23 heavy (non-hydrogen) atoms. The van der Waals surface area contributed by atoms with Gasteiger partial charge in [0, 0.05) is 17.2 Å². The van der Waals surface area contributed by atoms with Gasteiger partial charge in [0.1, 0.15) is 11.5 Å². The molecule has 1 heterocycles. The summed E-state index contributed by atoms with van der Waals surface area (Å²) in [5, 5.41) is 0. The molecular formula is C16H11F4NO2. The van der Waals surface area contributed by atoms with Crippen LogP contribution < -0.4 is 0 Å². The molecule has 0 aliphatic carbocycles. The van der Waals surface area contributed by atoms with E-state index in [1.54, 1.807) is 0 Å². The quantitative estimate of drug-likeness (QED) is 0.485. The van der Waals surface area contributed by atoms with Gasteiger partial charge in [-0.15, -0.1) is 0 Å². The Morgan fingerprint density at radius 2 is 1.96 bits per heavy atom. The van der Waals surface area contributed by atoms with Crippen LogP contribution in [-0.4, -0.2) is 18.1 Å². The third kappa shape index (κ3) is 4.15. The van der Waals surface area contributed by atoms with Crippen molar-refractivity contribution in [3.8, 4) is 11.3 Å². The number of methoxy groups -OCH3 is 1. The largest absolute Gasteiger partial charge is 0.466 e. The predicted molar refractivity (Wildman–Crippen MR) is 75.7 cm³/mol. The molecule has 120 valence electrons. The molecule has 0 saturated carbocycles. The highest BCUT2D eigenvalue weighted by Crippen LogP contribution is 2.31. The van der Waals surface area contributed by atoms with E-state index in [0.717, 1.165) is 24.3 Å². The number of esters is 1. The minimum Gasteiger partial charge on any atom is -0.466 e. The van der Waals surface area contributed by atoms with Gasteiger partial charge in [-0.3, -0.25) is 0 Å². The van der Waals surface area contributed by atoms with Crippen LogP contribution in [-0.2, 0) is 15.7 Å². The van der Waals surface area contributed by atoms with Crippen molar-refractivity contribution in [1.29, 1.82) is 0 Å². The molecule has 1 aromatic carbocycles. The number of nitrogens with zero attached hydrogens (tertiary/aromatic N) is 1. The summed E-state index contributed by atoms with van der Waals surface area (Å²) < 4.78 is 56.3. The minimum atomic E-state index is -4.63. The average Bonchev–Trinajstić information content (AvgIpc) is 2.51. The number of hydrogen-bond acceptors (Lipinski definition) is 3. The number of ether oxygens (including phenoxy) is 1. The van der Waals surface area contributed by atoms with Gasteiger partial charge in [-0.25, -0.2) is 14.2 Å². The highest BCUT2D eigenvalue weighted by atomic mass is 19.4. The van der Waals surface area contributed by atoms with Crippen molar-refractivity contribution >= 4 is 12.0 Å². The number of alkyl halides is 3. The van der Waals surface area contributed by atoms with E-state index in [1.807, 2.05) is 0 Å². The predicted octanol–water partition coefficient (Wildman–Crippen LogP) is 4.09. The van der Waals surface area contributed by atoms with Crippen LogP contribution in [0.5, 0.6) is 0 Å². The van der Waals surface area contributed by atoms with Gasteiger partial charge in [0.25, 0.3) is 0 Å². The summed E-state index contributed by atoms with van der Waals surface area (Å²) in [6, 6.07) is 6.98. The molecule has 0 N–H and O–H groups in total. The molecule has 0 spiro atoms. The van der Waals surface area contributed by atoms with E-state index in [0.29, 0.717) is 0 Å². The van der Waals surface area contributed by atoms with Crippen molar-refractivity contribution in [3.63, 3.8) is 0 Å². The van der Waals surface area contributed by atoms with Crippen LogP contribution in [0.15, 0.2) is 42.5 Å². The van der Waals surface area contributed by atoms with Crippen LogP contribution in [0.25, 0.3) is 17.3 Å². The number of carbonyl (C=O) groups excluding carboxylic acids is 1. The van der Waals surface area contributed by atoms with Crippen LogP contribution in [0.2, 0.25) is 0 Å². The van der Waals surface area contributed by atoms with E-state index in [9.17, 15) is 22.4 Å². The molecule has 2 aromatic rings. The van der Waals surface area contributed by atoms with E-state index in [2.05, 4.69) is 9.72 Å². The van der Waals surface area contributed by atoms with Crippen LogP contribution >= 0.6 is 0 Å². The molecule has 3 nitrogen and oxygen atoms in total. The molecule has 0 atom stereocenters. The van der Waals surface area contributed by atoms with E-state index in [-0.39, 0.29) is 16.8 Å². The SMILES string of the molecule is COC(=O)C=Cc1ccc(C(F)(F)F)nc1-c1cccc(F)c1. The van der Waals surface area contributed by atoms with Gasteiger partial charge in [0.15, 0.2) is 0 Å². The summed E-state index contributed by atoms with van der Waals surface area (Å²) >= 11 is 0. The Bertz CT molecular complexity index is 754. The van der Waals surface area contributed by atoms with Crippen LogP contribution in [0.4, 0.5) is 17.6 Å². The number of carbonyl (C=O) groups is 1. The minimum absolute atomic E-state index is 0.0838. The van der Waals surface area contributed by atoms with Crippen molar-refractivity contribution in [3.05, 3.63) is 59.5 Å². The average molecular weight is 325 g/mol. The Kier molecular flexibility index (Phi) is 4.78. The van der Waals surface area contributed by atoms with Gasteiger partial charge in [-0.2, -0.15) is 13.2 Å². The first kappa shape index (κ1) is 16.7. The molecule has 0 bridgehead atoms. The molecule has 0 aliphatic heterocycles. The smallest absolute Gasteiger partial charge is 0.433 e. The maximum Gasteiger partial charge on any atom is 0.433 e. The zero-order chi connectivity index (χ0) is 17.0. The highest BCUT2D eigenvalue weighted by Gasteiger charge is 2.33. The van der Waals surface area contributed by atoms with E-state index in [4.69, 9.17) is 0 Å². The second kappa shape index (κ2) is 6.60. The van der Waals surface area contributed by atoms with Gasteiger partial charge < -0.3 is 4.74 Å². The fourth-order valence-electron chi connectivity index (χ4n) is 1.86. The Morgan fingerprint density at radius 3 is 2.57 bits per heavy atom. The van der Waals surface area contributed by atoms with Crippen molar-refractivity contribution in [2.24, 2.45) is 0 Å². The fourth-order valence-corrected chi connectivity index (χ4v) is 1.86. The summed E-state index contributed by atoms with van der Waals surface area (Å²) in [4.78, 5) is 14.7. The van der Waals surface area contributed by atoms with E-state index >= 15 is 0 Å². The van der Waals surface area contributed by atoms with Crippen molar-refractivity contribution in [2.45, 2.75) is 6.18 Å². The molecule has 0 aliphatic rings. The Labute approximate surface area is 129 Å². The normalized spacial score (nSPS) is 11.7. The third-order valence-corrected chi connectivity index (χ3v) is 2.92. The molecule has 0 fully saturated rings. The maximum absolute atomic E-state index is 13.3. The molecule has 0 unspecified atom stereocenters. The molecule has 0 amide bonds. The lowest BCUT2D eigenvalue weighted by Crippen LogP contribution is -2.09. The Balaban J connectivity index is 2.58. The Morgan fingerprint density at radius 1 is 1.22 bits per heavy atom. The number of pyridine rings is 1. The highest BCUT2D eigenvalue weighted by molar-refractivity contribution is 5.88. The lowest BCUT2D eigenvalue weighted by Gasteiger charge is -2.11. The second-order valence-electron chi connectivity index (χ2n) is 4.50. The summed E-state index contributed by atoms with van der Waals surface area (Å²) in [5.74, 6) is -1.28. The molecule has 0 saturated heterocycles. The number of aromatic nitrogens is 1. The number of benzene rings is 1. The first-order valence-electron chi connectivity index (χ1n) is 6.41. The monoisotopic (exact) mass is 325 g/mol. The van der Waals surface area contributed by atoms with Gasteiger partial charge in [0.05, 0.1) is 12.8 Å². The Hall–Kier alpha value is -2.70. The zero-order valence-corrected chi connectivity index (χ0v) is 11.9. The van der Waals surface area contributed by atoms with Gasteiger partial charge in [-0.05, 0) is 24.3 Å². The van der Waals surface area contributed by atoms with Gasteiger partial charge in [0.2, 0.25) is 0 Å². The first-order chi connectivity index (χ1) is 10.8. The number of hydrogen-bond donors (Lipinski definition) is 0. The molecule has 1 aromatic heterocycles. The summed E-state index contributed by atoms with van der Waals surface area (Å²) in [5.41, 5.74) is -0.791. The molecule has 0 radical (unpaired) electrons. The maximum atomic E-state index is 13.3. The van der Waals surface area contributed by atoms with Crippen molar-refractivity contribution < 1.29 is 27.1 Å². The molecule has 7 heteroatoms. The lowest BCUT2D eigenvalue weighted by atomic mass is 10.0. The van der Waals surface area contributed by atoms with Gasteiger partial charge in [-0.1, -0.05) is 18.2 Å². The molecular weight excluding hydrogens is 314 g/mol. The first-order valence-corrected chi connectivity index (χ1v) is 6.41.